The third-order valence-corrected chi connectivity index (χ3v) is 4.57. The lowest BCUT2D eigenvalue weighted by molar-refractivity contribution is -0.117. The molecule has 0 bridgehead atoms. The first-order valence-electron chi connectivity index (χ1n) is 8.81. The molecular formula is C19H31N3O. The predicted molar refractivity (Wildman–Crippen MR) is 96.2 cm³/mol. The van der Waals surface area contributed by atoms with E-state index in [-0.39, 0.29) is 5.91 Å². The molecule has 0 aromatic heterocycles. The van der Waals surface area contributed by atoms with Crippen molar-refractivity contribution in [1.29, 1.82) is 0 Å². The second-order valence-electron chi connectivity index (χ2n) is 7.38. The fraction of sp³-hybridized carbons (Fsp3) is 0.632. The Kier molecular flexibility index (Phi) is 6.60. The van der Waals surface area contributed by atoms with Gasteiger partial charge in [-0.25, -0.2) is 0 Å². The number of nitrogens with two attached hydrogens (primary N) is 1. The van der Waals surface area contributed by atoms with Gasteiger partial charge in [-0.2, -0.15) is 0 Å². The summed E-state index contributed by atoms with van der Waals surface area (Å²) in [5, 5.41) is 2.91. The van der Waals surface area contributed by atoms with Crippen LogP contribution < -0.4 is 11.1 Å². The topological polar surface area (TPSA) is 58.4 Å². The van der Waals surface area contributed by atoms with Gasteiger partial charge in [0, 0.05) is 12.2 Å². The van der Waals surface area contributed by atoms with Crippen molar-refractivity contribution in [3.8, 4) is 0 Å². The van der Waals surface area contributed by atoms with Crippen LogP contribution >= 0.6 is 0 Å². The van der Waals surface area contributed by atoms with Crippen LogP contribution in [0.25, 0.3) is 0 Å². The Morgan fingerprint density at radius 3 is 2.43 bits per heavy atom. The van der Waals surface area contributed by atoms with Gasteiger partial charge in [0.05, 0.1) is 6.04 Å². The number of nitrogens with one attached hydrogen (secondary N) is 1. The van der Waals surface area contributed by atoms with Crippen molar-refractivity contribution >= 4 is 11.6 Å². The smallest absolute Gasteiger partial charge is 0.241 e. The number of rotatable bonds is 6. The third-order valence-electron chi connectivity index (χ3n) is 4.57. The summed E-state index contributed by atoms with van der Waals surface area (Å²) in [4.78, 5) is 14.5. The van der Waals surface area contributed by atoms with Gasteiger partial charge in [0.1, 0.15) is 0 Å². The Labute approximate surface area is 140 Å². The van der Waals surface area contributed by atoms with Gasteiger partial charge in [0.15, 0.2) is 0 Å². The number of anilines is 1. The Morgan fingerprint density at radius 2 is 1.87 bits per heavy atom. The molecule has 0 radical (unpaired) electrons. The number of carbonyl (C=O) groups is 1. The van der Waals surface area contributed by atoms with Crippen molar-refractivity contribution < 1.29 is 4.79 Å². The lowest BCUT2D eigenvalue weighted by Gasteiger charge is -2.30. The zero-order valence-corrected chi connectivity index (χ0v) is 14.7. The summed E-state index contributed by atoms with van der Waals surface area (Å²) < 4.78 is 0. The van der Waals surface area contributed by atoms with Crippen molar-refractivity contribution in [1.82, 2.24) is 4.90 Å². The molecule has 1 aliphatic heterocycles. The molecule has 0 saturated carbocycles. The van der Waals surface area contributed by atoms with E-state index in [1.807, 2.05) is 12.1 Å². The first-order valence-corrected chi connectivity index (χ1v) is 8.81. The van der Waals surface area contributed by atoms with Crippen LogP contribution in [-0.4, -0.2) is 29.9 Å². The molecule has 1 fully saturated rings. The minimum atomic E-state index is -0.440. The van der Waals surface area contributed by atoms with Crippen LogP contribution in [0.1, 0.15) is 45.6 Å². The minimum Gasteiger partial charge on any atom is -0.325 e. The zero-order valence-electron chi connectivity index (χ0n) is 14.7. The molecule has 1 atom stereocenters. The summed E-state index contributed by atoms with van der Waals surface area (Å²) in [6.07, 6.45) is 3.29. The molecule has 1 heterocycles. The van der Waals surface area contributed by atoms with E-state index in [1.165, 1.54) is 31.5 Å². The van der Waals surface area contributed by atoms with Gasteiger partial charge in [-0.3, -0.25) is 9.69 Å². The van der Waals surface area contributed by atoms with Gasteiger partial charge in [-0.15, -0.1) is 0 Å². The average molecular weight is 317 g/mol. The summed E-state index contributed by atoms with van der Waals surface area (Å²) in [7, 11) is 0. The van der Waals surface area contributed by atoms with E-state index in [1.54, 1.807) is 0 Å². The summed E-state index contributed by atoms with van der Waals surface area (Å²) in [6.45, 7) is 9.84. The molecule has 1 aromatic carbocycles. The zero-order chi connectivity index (χ0) is 16.8. The highest BCUT2D eigenvalue weighted by Gasteiger charge is 2.16. The van der Waals surface area contributed by atoms with Gasteiger partial charge in [0.25, 0.3) is 0 Å². The molecule has 0 aliphatic carbocycles. The molecule has 4 heteroatoms. The monoisotopic (exact) mass is 317 g/mol. The molecule has 3 N–H and O–H groups in total. The highest BCUT2D eigenvalue weighted by Crippen LogP contribution is 2.19. The fourth-order valence-corrected chi connectivity index (χ4v) is 3.02. The average Bonchev–Trinajstić information content (AvgIpc) is 2.51. The number of likely N-dealkylation sites (tertiary alicyclic amines) is 1. The number of amides is 1. The van der Waals surface area contributed by atoms with E-state index in [4.69, 9.17) is 5.73 Å². The third kappa shape index (κ3) is 5.96. The van der Waals surface area contributed by atoms with E-state index < -0.39 is 6.04 Å². The van der Waals surface area contributed by atoms with Crippen LogP contribution in [0, 0.1) is 11.8 Å². The highest BCUT2D eigenvalue weighted by molar-refractivity contribution is 5.94. The van der Waals surface area contributed by atoms with Gasteiger partial charge < -0.3 is 11.1 Å². The van der Waals surface area contributed by atoms with Crippen LogP contribution in [0.3, 0.4) is 0 Å². The molecule has 1 amide bonds. The minimum absolute atomic E-state index is 0.100. The Hall–Kier alpha value is -1.39. The number of hydrogen-bond donors (Lipinski definition) is 2. The Morgan fingerprint density at radius 1 is 1.26 bits per heavy atom. The van der Waals surface area contributed by atoms with Gasteiger partial charge in [-0.05, 0) is 61.9 Å². The lowest BCUT2D eigenvalue weighted by Crippen LogP contribution is -2.36. The maximum absolute atomic E-state index is 12.0. The van der Waals surface area contributed by atoms with E-state index in [0.29, 0.717) is 12.3 Å². The van der Waals surface area contributed by atoms with Crippen LogP contribution in [0.5, 0.6) is 0 Å². The lowest BCUT2D eigenvalue weighted by atomic mass is 9.99. The molecule has 1 saturated heterocycles. The number of nitrogens with zero attached hydrogens (tertiary/aromatic N) is 1. The van der Waals surface area contributed by atoms with Crippen molar-refractivity contribution in [3.05, 3.63) is 29.8 Å². The fourth-order valence-electron chi connectivity index (χ4n) is 3.02. The SMILES string of the molecule is CC(C)C[C@H](N)C(=O)Nc1ccc(CN2CCC(C)CC2)cc1. The summed E-state index contributed by atoms with van der Waals surface area (Å²) in [5.74, 6) is 1.18. The van der Waals surface area contributed by atoms with Gasteiger partial charge >= 0.3 is 0 Å². The van der Waals surface area contributed by atoms with E-state index in [9.17, 15) is 4.79 Å². The van der Waals surface area contributed by atoms with E-state index >= 15 is 0 Å². The number of carbonyl (C=O) groups excluding carboxylic acids is 1. The maximum Gasteiger partial charge on any atom is 0.241 e. The first kappa shape index (κ1) is 18.0. The number of hydrogen-bond acceptors (Lipinski definition) is 3. The quantitative estimate of drug-likeness (QED) is 0.847. The van der Waals surface area contributed by atoms with E-state index in [0.717, 1.165) is 18.2 Å². The predicted octanol–water partition coefficient (Wildman–Crippen LogP) is 3.23. The molecule has 1 aliphatic rings. The van der Waals surface area contributed by atoms with Crippen LogP contribution in [0.4, 0.5) is 5.69 Å². The second kappa shape index (κ2) is 8.46. The first-order chi connectivity index (χ1) is 10.9. The normalized spacial score (nSPS) is 18.1. The maximum atomic E-state index is 12.0. The number of benzene rings is 1. The van der Waals surface area contributed by atoms with Crippen molar-refractivity contribution in [2.45, 2.75) is 52.6 Å². The number of piperidine rings is 1. The summed E-state index contributed by atoms with van der Waals surface area (Å²) >= 11 is 0. The molecule has 4 nitrogen and oxygen atoms in total. The Bertz CT molecular complexity index is 490. The molecule has 0 spiro atoms. The summed E-state index contributed by atoms with van der Waals surface area (Å²) in [5.41, 5.74) is 8.03. The molecule has 0 unspecified atom stereocenters. The van der Waals surface area contributed by atoms with Crippen molar-refractivity contribution in [3.63, 3.8) is 0 Å². The summed E-state index contributed by atoms with van der Waals surface area (Å²) in [6, 6.07) is 7.71. The van der Waals surface area contributed by atoms with Crippen molar-refractivity contribution in [2.24, 2.45) is 17.6 Å². The van der Waals surface area contributed by atoms with Crippen LogP contribution in [0.2, 0.25) is 0 Å². The molecule has 1 aromatic rings. The molecule has 2 rings (SSSR count). The largest absolute Gasteiger partial charge is 0.325 e. The highest BCUT2D eigenvalue weighted by atomic mass is 16.2. The van der Waals surface area contributed by atoms with Crippen LogP contribution in [0.15, 0.2) is 24.3 Å². The van der Waals surface area contributed by atoms with Crippen LogP contribution in [-0.2, 0) is 11.3 Å². The molecule has 128 valence electrons. The van der Waals surface area contributed by atoms with E-state index in [2.05, 4.69) is 43.1 Å². The molecule has 23 heavy (non-hydrogen) atoms. The molecular weight excluding hydrogens is 286 g/mol. The standard InChI is InChI=1S/C19H31N3O/c1-14(2)12-18(20)19(23)21-17-6-4-16(5-7-17)13-22-10-8-15(3)9-11-22/h4-7,14-15,18H,8-13,20H2,1-3H3,(H,21,23)/t18-/m0/s1. The van der Waals surface area contributed by atoms with Gasteiger partial charge in [0.2, 0.25) is 5.91 Å². The second-order valence-corrected chi connectivity index (χ2v) is 7.38. The van der Waals surface area contributed by atoms with Crippen molar-refractivity contribution in [2.75, 3.05) is 18.4 Å². The van der Waals surface area contributed by atoms with Gasteiger partial charge in [-0.1, -0.05) is 32.9 Å². The Balaban J connectivity index is 1.83.